The minimum atomic E-state index is -0.0828. The highest BCUT2D eigenvalue weighted by atomic mass is 16.5. The maximum absolute atomic E-state index is 11.2. The van der Waals surface area contributed by atoms with E-state index in [1.165, 1.54) is 11.2 Å². The summed E-state index contributed by atoms with van der Waals surface area (Å²) < 4.78 is 7.03. The number of hydrogen-bond donors (Lipinski definition) is 1. The van der Waals surface area contributed by atoms with Gasteiger partial charge in [-0.2, -0.15) is 0 Å². The maximum Gasteiger partial charge on any atom is 0.136 e. The summed E-state index contributed by atoms with van der Waals surface area (Å²) in [6.45, 7) is 2.17. The van der Waals surface area contributed by atoms with E-state index >= 15 is 0 Å². The lowest BCUT2D eigenvalue weighted by Crippen LogP contribution is -2.18. The standard InChI is InChI=1S/C15H19N5O2/c1-12(22-2)6-7-13(10-16)20(18-21)11-14-4-3-5-15-17-8-9-19(14)15/h3-10,12H,11,16H2,1-2H3/b7-6-,13-10+. The minimum Gasteiger partial charge on any atom is -0.403 e. The summed E-state index contributed by atoms with van der Waals surface area (Å²) >= 11 is 0. The third-order valence-corrected chi connectivity index (χ3v) is 3.30. The number of nitroso groups, excluding NO2 is 1. The molecular formula is C15H19N5O2. The van der Waals surface area contributed by atoms with Gasteiger partial charge in [-0.3, -0.25) is 0 Å². The van der Waals surface area contributed by atoms with Crippen molar-refractivity contribution in [2.24, 2.45) is 11.0 Å². The Hall–Kier alpha value is -2.67. The van der Waals surface area contributed by atoms with Crippen molar-refractivity contribution in [2.45, 2.75) is 19.6 Å². The van der Waals surface area contributed by atoms with Crippen LogP contribution in [0.1, 0.15) is 12.6 Å². The average molecular weight is 301 g/mol. The molecule has 0 aliphatic heterocycles. The SMILES string of the molecule is COC(C)/C=C\C(=C/N)N(Cc1cccc2nccn12)N=O. The summed E-state index contributed by atoms with van der Waals surface area (Å²) in [4.78, 5) is 15.4. The summed E-state index contributed by atoms with van der Waals surface area (Å²) in [7, 11) is 1.61. The molecule has 7 heteroatoms. The predicted molar refractivity (Wildman–Crippen MR) is 84.4 cm³/mol. The van der Waals surface area contributed by atoms with Gasteiger partial charge < -0.3 is 14.9 Å². The van der Waals surface area contributed by atoms with Gasteiger partial charge in [0.15, 0.2) is 0 Å². The molecule has 0 aliphatic carbocycles. The van der Waals surface area contributed by atoms with Crippen molar-refractivity contribution in [2.75, 3.05) is 7.11 Å². The van der Waals surface area contributed by atoms with E-state index in [0.29, 0.717) is 5.70 Å². The largest absolute Gasteiger partial charge is 0.403 e. The van der Waals surface area contributed by atoms with E-state index in [9.17, 15) is 4.91 Å². The van der Waals surface area contributed by atoms with Gasteiger partial charge >= 0.3 is 0 Å². The molecule has 0 saturated carbocycles. The van der Waals surface area contributed by atoms with Crippen LogP contribution in [-0.2, 0) is 11.3 Å². The fraction of sp³-hybridized carbons (Fsp3) is 0.267. The highest BCUT2D eigenvalue weighted by Gasteiger charge is 2.11. The molecule has 0 fully saturated rings. The molecule has 0 saturated heterocycles. The Morgan fingerprint density at radius 2 is 2.41 bits per heavy atom. The maximum atomic E-state index is 11.2. The molecule has 22 heavy (non-hydrogen) atoms. The van der Waals surface area contributed by atoms with Crippen molar-refractivity contribution in [3.63, 3.8) is 0 Å². The van der Waals surface area contributed by atoms with Crippen molar-refractivity contribution in [3.05, 3.63) is 65.2 Å². The third-order valence-electron chi connectivity index (χ3n) is 3.30. The van der Waals surface area contributed by atoms with Crippen molar-refractivity contribution in [1.82, 2.24) is 14.4 Å². The van der Waals surface area contributed by atoms with Gasteiger partial charge in [0, 0.05) is 31.4 Å². The smallest absolute Gasteiger partial charge is 0.136 e. The first-order valence-electron chi connectivity index (χ1n) is 6.84. The van der Waals surface area contributed by atoms with Crippen LogP contribution in [0.4, 0.5) is 0 Å². The molecule has 2 rings (SSSR count). The first-order valence-corrected chi connectivity index (χ1v) is 6.84. The second-order valence-electron chi connectivity index (χ2n) is 4.70. The quantitative estimate of drug-likeness (QED) is 0.481. The number of ether oxygens (including phenoxy) is 1. The van der Waals surface area contributed by atoms with Crippen LogP contribution in [0.2, 0.25) is 0 Å². The van der Waals surface area contributed by atoms with Gasteiger partial charge in [-0.25, -0.2) is 9.99 Å². The molecule has 1 unspecified atom stereocenters. The summed E-state index contributed by atoms with van der Waals surface area (Å²) in [5.41, 5.74) is 7.79. The molecule has 1 atom stereocenters. The number of pyridine rings is 1. The third kappa shape index (κ3) is 3.50. The molecule has 0 spiro atoms. The lowest BCUT2D eigenvalue weighted by molar-refractivity contribution is 0.156. The van der Waals surface area contributed by atoms with Gasteiger partial charge in [-0.1, -0.05) is 12.1 Å². The van der Waals surface area contributed by atoms with Gasteiger partial charge in [0.1, 0.15) is 5.65 Å². The van der Waals surface area contributed by atoms with Crippen molar-refractivity contribution >= 4 is 5.65 Å². The molecule has 0 aliphatic rings. The molecular weight excluding hydrogens is 282 g/mol. The Kier molecular flexibility index (Phi) is 5.26. The highest BCUT2D eigenvalue weighted by molar-refractivity contribution is 5.39. The van der Waals surface area contributed by atoms with Crippen LogP contribution < -0.4 is 5.73 Å². The van der Waals surface area contributed by atoms with Crippen LogP contribution in [0.3, 0.4) is 0 Å². The van der Waals surface area contributed by atoms with Crippen molar-refractivity contribution in [3.8, 4) is 0 Å². The Balaban J connectivity index is 2.22. The van der Waals surface area contributed by atoms with Crippen LogP contribution in [0, 0.1) is 4.91 Å². The van der Waals surface area contributed by atoms with Crippen molar-refractivity contribution < 1.29 is 4.74 Å². The van der Waals surface area contributed by atoms with Gasteiger partial charge in [0.2, 0.25) is 0 Å². The van der Waals surface area contributed by atoms with E-state index in [2.05, 4.69) is 10.3 Å². The van der Waals surface area contributed by atoms with E-state index in [1.54, 1.807) is 25.5 Å². The molecule has 0 radical (unpaired) electrons. The number of imidazole rings is 1. The summed E-state index contributed by atoms with van der Waals surface area (Å²) in [6, 6.07) is 5.68. The zero-order valence-electron chi connectivity index (χ0n) is 12.6. The zero-order valence-corrected chi connectivity index (χ0v) is 12.6. The fourth-order valence-corrected chi connectivity index (χ4v) is 2.00. The van der Waals surface area contributed by atoms with Crippen LogP contribution >= 0.6 is 0 Å². The lowest BCUT2D eigenvalue weighted by Gasteiger charge is -2.17. The van der Waals surface area contributed by atoms with E-state index in [0.717, 1.165) is 11.3 Å². The Labute approximate surface area is 128 Å². The molecule has 116 valence electrons. The molecule has 2 aromatic rings. The first-order chi connectivity index (χ1) is 10.7. The number of aromatic nitrogens is 2. The fourth-order valence-electron chi connectivity index (χ4n) is 2.00. The monoisotopic (exact) mass is 301 g/mol. The lowest BCUT2D eigenvalue weighted by atomic mass is 10.3. The van der Waals surface area contributed by atoms with E-state index < -0.39 is 0 Å². The number of fused-ring (bicyclic) bond motifs is 1. The molecule has 0 amide bonds. The van der Waals surface area contributed by atoms with Crippen LogP contribution in [-0.4, -0.2) is 27.6 Å². The Morgan fingerprint density at radius 3 is 3.09 bits per heavy atom. The first kappa shape index (κ1) is 15.7. The van der Waals surface area contributed by atoms with Gasteiger partial charge in [-0.05, 0) is 25.1 Å². The Bertz CT molecular complexity index is 692. The molecule has 2 heterocycles. The van der Waals surface area contributed by atoms with E-state index in [1.807, 2.05) is 35.7 Å². The molecule has 0 bridgehead atoms. The second-order valence-corrected chi connectivity index (χ2v) is 4.70. The topological polar surface area (TPSA) is 85.2 Å². The molecule has 2 N–H and O–H groups in total. The van der Waals surface area contributed by atoms with Crippen LogP contribution in [0.25, 0.3) is 5.65 Å². The predicted octanol–water partition coefficient (Wildman–Crippen LogP) is 2.21. The van der Waals surface area contributed by atoms with Crippen molar-refractivity contribution in [1.29, 1.82) is 0 Å². The average Bonchev–Trinajstić information content (AvgIpc) is 3.03. The van der Waals surface area contributed by atoms with Gasteiger partial charge in [0.05, 0.1) is 23.6 Å². The number of rotatable bonds is 7. The van der Waals surface area contributed by atoms with Gasteiger partial charge in [0.25, 0.3) is 0 Å². The van der Waals surface area contributed by atoms with Gasteiger partial charge in [-0.15, -0.1) is 4.91 Å². The summed E-state index contributed by atoms with van der Waals surface area (Å²) in [5.74, 6) is 0. The number of allylic oxidation sites excluding steroid dienone is 1. The minimum absolute atomic E-state index is 0.0828. The molecule has 2 aromatic heterocycles. The molecule has 0 aromatic carbocycles. The van der Waals surface area contributed by atoms with Crippen LogP contribution in [0.5, 0.6) is 0 Å². The number of methoxy groups -OCH3 is 1. The van der Waals surface area contributed by atoms with E-state index in [-0.39, 0.29) is 12.6 Å². The Morgan fingerprint density at radius 1 is 1.59 bits per heavy atom. The molecule has 7 nitrogen and oxygen atoms in total. The zero-order chi connectivity index (χ0) is 15.9. The summed E-state index contributed by atoms with van der Waals surface area (Å²) in [5, 5.41) is 4.34. The van der Waals surface area contributed by atoms with Crippen LogP contribution in [0.15, 0.2) is 59.9 Å². The normalized spacial score (nSPS) is 13.6. The number of nitrogens with two attached hydrogens (primary N) is 1. The number of nitrogens with zero attached hydrogens (tertiary/aromatic N) is 4. The second kappa shape index (κ2) is 7.37. The number of hydrogen-bond acceptors (Lipinski definition) is 5. The van der Waals surface area contributed by atoms with E-state index in [4.69, 9.17) is 10.5 Å². The summed E-state index contributed by atoms with van der Waals surface area (Å²) in [6.07, 6.45) is 8.31. The highest BCUT2D eigenvalue weighted by Crippen LogP contribution is 2.14.